The van der Waals surface area contributed by atoms with Crippen molar-refractivity contribution in [1.82, 2.24) is 14.9 Å². The number of nitrogens with zero attached hydrogens (tertiary/aromatic N) is 2. The lowest BCUT2D eigenvalue weighted by atomic mass is 10.1. The van der Waals surface area contributed by atoms with Gasteiger partial charge in [0.2, 0.25) is 0 Å². The number of aryl methyl sites for hydroxylation is 1. The second-order valence-corrected chi connectivity index (χ2v) is 4.88. The van der Waals surface area contributed by atoms with E-state index in [2.05, 4.69) is 29.0 Å². The highest BCUT2D eigenvalue weighted by molar-refractivity contribution is 5.97. The maximum absolute atomic E-state index is 11.3. The van der Waals surface area contributed by atoms with Crippen molar-refractivity contribution in [3.8, 4) is 0 Å². The van der Waals surface area contributed by atoms with Crippen LogP contribution < -0.4 is 0 Å². The monoisotopic (exact) mass is 245 g/mol. The molecule has 0 bridgehead atoms. The molecule has 1 N–H and O–H groups in total. The Bertz CT molecular complexity index is 557. The third-order valence-corrected chi connectivity index (χ3v) is 2.96. The molecule has 0 aliphatic heterocycles. The average molecular weight is 245 g/mol. The first kappa shape index (κ1) is 12.8. The molecule has 0 saturated heterocycles. The highest BCUT2D eigenvalue weighted by Crippen LogP contribution is 2.15. The topological polar surface area (TPSA) is 49.0 Å². The molecule has 18 heavy (non-hydrogen) atoms. The quantitative estimate of drug-likeness (QED) is 0.822. The zero-order valence-electron chi connectivity index (χ0n) is 11.2. The second-order valence-electron chi connectivity index (χ2n) is 4.88. The van der Waals surface area contributed by atoms with E-state index in [0.717, 1.165) is 36.2 Å². The van der Waals surface area contributed by atoms with E-state index in [4.69, 9.17) is 0 Å². The molecular weight excluding hydrogens is 226 g/mol. The van der Waals surface area contributed by atoms with Crippen molar-refractivity contribution in [2.24, 2.45) is 0 Å². The summed E-state index contributed by atoms with van der Waals surface area (Å²) in [5.41, 5.74) is 2.59. The lowest BCUT2D eigenvalue weighted by Gasteiger charge is -2.07. The number of rotatable bonds is 5. The maximum Gasteiger partial charge on any atom is 0.159 e. The van der Waals surface area contributed by atoms with Gasteiger partial charge in [-0.15, -0.1) is 0 Å². The Morgan fingerprint density at radius 2 is 2.17 bits per heavy atom. The number of hydrogen-bond acceptors (Lipinski definition) is 3. The lowest BCUT2D eigenvalue weighted by molar-refractivity contribution is 0.101. The van der Waals surface area contributed by atoms with Crippen molar-refractivity contribution in [2.75, 3.05) is 20.6 Å². The van der Waals surface area contributed by atoms with Gasteiger partial charge in [0.05, 0.1) is 11.0 Å². The Kier molecular flexibility index (Phi) is 3.77. The summed E-state index contributed by atoms with van der Waals surface area (Å²) < 4.78 is 0. The number of nitrogens with one attached hydrogen (secondary N) is 1. The number of carbonyl (C=O) groups is 1. The summed E-state index contributed by atoms with van der Waals surface area (Å²) in [6.45, 7) is 2.63. The third kappa shape index (κ3) is 2.96. The number of H-pyrrole nitrogens is 1. The fourth-order valence-electron chi connectivity index (χ4n) is 1.96. The van der Waals surface area contributed by atoms with Gasteiger partial charge in [0.1, 0.15) is 5.82 Å². The number of hydrogen-bond donors (Lipinski definition) is 1. The number of benzene rings is 1. The van der Waals surface area contributed by atoms with Gasteiger partial charge in [0.25, 0.3) is 0 Å². The molecule has 0 radical (unpaired) electrons. The van der Waals surface area contributed by atoms with Crippen LogP contribution in [0.3, 0.4) is 0 Å². The minimum atomic E-state index is 0.0778. The fourth-order valence-corrected chi connectivity index (χ4v) is 1.96. The molecule has 96 valence electrons. The smallest absolute Gasteiger partial charge is 0.159 e. The van der Waals surface area contributed by atoms with Gasteiger partial charge in [-0.25, -0.2) is 4.98 Å². The lowest BCUT2D eigenvalue weighted by Crippen LogP contribution is -2.13. The van der Waals surface area contributed by atoms with Gasteiger partial charge in [0.15, 0.2) is 5.78 Å². The third-order valence-electron chi connectivity index (χ3n) is 2.96. The van der Waals surface area contributed by atoms with E-state index >= 15 is 0 Å². The summed E-state index contributed by atoms with van der Waals surface area (Å²) >= 11 is 0. The van der Waals surface area contributed by atoms with E-state index in [-0.39, 0.29) is 5.78 Å². The maximum atomic E-state index is 11.3. The molecular formula is C14H19N3O. The Morgan fingerprint density at radius 3 is 2.83 bits per heavy atom. The van der Waals surface area contributed by atoms with Crippen LogP contribution in [0.1, 0.15) is 29.5 Å². The minimum absolute atomic E-state index is 0.0778. The first-order valence-electron chi connectivity index (χ1n) is 6.20. The van der Waals surface area contributed by atoms with Crippen LogP contribution in [-0.2, 0) is 6.42 Å². The van der Waals surface area contributed by atoms with Gasteiger partial charge in [-0.3, -0.25) is 4.79 Å². The van der Waals surface area contributed by atoms with Crippen molar-refractivity contribution in [3.63, 3.8) is 0 Å². The molecule has 4 heteroatoms. The Hall–Kier alpha value is -1.68. The molecule has 1 heterocycles. The van der Waals surface area contributed by atoms with Crippen LogP contribution in [0.25, 0.3) is 11.0 Å². The first-order chi connectivity index (χ1) is 8.56. The number of fused-ring (bicyclic) bond motifs is 1. The molecule has 4 nitrogen and oxygen atoms in total. The molecule has 0 saturated carbocycles. The Morgan fingerprint density at radius 1 is 1.39 bits per heavy atom. The molecule has 0 atom stereocenters. The summed E-state index contributed by atoms with van der Waals surface area (Å²) in [6, 6.07) is 5.62. The number of ketones is 1. The van der Waals surface area contributed by atoms with E-state index in [1.807, 2.05) is 18.2 Å². The van der Waals surface area contributed by atoms with Gasteiger partial charge >= 0.3 is 0 Å². The van der Waals surface area contributed by atoms with Crippen molar-refractivity contribution >= 4 is 16.8 Å². The highest BCUT2D eigenvalue weighted by Gasteiger charge is 2.06. The van der Waals surface area contributed by atoms with E-state index in [1.54, 1.807) is 6.92 Å². The van der Waals surface area contributed by atoms with Crippen LogP contribution in [0.5, 0.6) is 0 Å². The number of Topliss-reactive ketones (excluding diaryl/α,β-unsaturated/α-hetero) is 1. The van der Waals surface area contributed by atoms with Crippen molar-refractivity contribution in [3.05, 3.63) is 29.6 Å². The van der Waals surface area contributed by atoms with Crippen molar-refractivity contribution in [2.45, 2.75) is 19.8 Å². The van der Waals surface area contributed by atoms with Crippen molar-refractivity contribution < 1.29 is 4.79 Å². The molecule has 0 aliphatic carbocycles. The summed E-state index contributed by atoms with van der Waals surface area (Å²) in [5.74, 6) is 1.07. The normalized spacial score (nSPS) is 11.3. The van der Waals surface area contributed by atoms with Crippen LogP contribution in [0.15, 0.2) is 18.2 Å². The predicted octanol–water partition coefficient (Wildman–Crippen LogP) is 2.26. The summed E-state index contributed by atoms with van der Waals surface area (Å²) in [5, 5.41) is 0. The summed E-state index contributed by atoms with van der Waals surface area (Å²) in [4.78, 5) is 21.3. The van der Waals surface area contributed by atoms with Crippen LogP contribution in [0.4, 0.5) is 0 Å². The van der Waals surface area contributed by atoms with Crippen molar-refractivity contribution in [1.29, 1.82) is 0 Å². The summed E-state index contributed by atoms with van der Waals surface area (Å²) in [7, 11) is 4.13. The average Bonchev–Trinajstić information content (AvgIpc) is 2.69. The number of aromatic amines is 1. The largest absolute Gasteiger partial charge is 0.342 e. The van der Waals surface area contributed by atoms with Crippen LogP contribution in [-0.4, -0.2) is 41.3 Å². The molecule has 1 aromatic carbocycles. The molecule has 0 spiro atoms. The standard InChI is InChI=1S/C14H19N3O/c1-10(18)11-6-7-12-13(9-11)16-14(15-12)5-4-8-17(2)3/h6-7,9H,4-5,8H2,1-3H3,(H,15,16). The Labute approximate surface area is 107 Å². The van der Waals surface area contributed by atoms with Gasteiger partial charge in [-0.1, -0.05) is 0 Å². The second kappa shape index (κ2) is 5.31. The molecule has 0 unspecified atom stereocenters. The minimum Gasteiger partial charge on any atom is -0.342 e. The molecule has 0 fully saturated rings. The van der Waals surface area contributed by atoms with Crippen LogP contribution >= 0.6 is 0 Å². The van der Waals surface area contributed by atoms with E-state index in [0.29, 0.717) is 5.56 Å². The van der Waals surface area contributed by atoms with E-state index < -0.39 is 0 Å². The molecule has 2 aromatic rings. The molecule has 0 aliphatic rings. The van der Waals surface area contributed by atoms with E-state index in [1.165, 1.54) is 0 Å². The molecule has 2 rings (SSSR count). The van der Waals surface area contributed by atoms with E-state index in [9.17, 15) is 4.79 Å². The SMILES string of the molecule is CC(=O)c1ccc2[nH]c(CCCN(C)C)nc2c1. The molecule has 1 aromatic heterocycles. The number of aromatic nitrogens is 2. The predicted molar refractivity (Wildman–Crippen MR) is 73.0 cm³/mol. The Balaban J connectivity index is 2.14. The zero-order valence-corrected chi connectivity index (χ0v) is 11.2. The first-order valence-corrected chi connectivity index (χ1v) is 6.20. The highest BCUT2D eigenvalue weighted by atomic mass is 16.1. The summed E-state index contributed by atoms with van der Waals surface area (Å²) in [6.07, 6.45) is 2.01. The number of carbonyl (C=O) groups excluding carboxylic acids is 1. The van der Waals surface area contributed by atoms with Gasteiger partial charge in [0, 0.05) is 12.0 Å². The fraction of sp³-hybridized carbons (Fsp3) is 0.429. The number of imidazole rings is 1. The van der Waals surface area contributed by atoms with Crippen LogP contribution in [0, 0.1) is 0 Å². The van der Waals surface area contributed by atoms with Gasteiger partial charge in [-0.2, -0.15) is 0 Å². The zero-order chi connectivity index (χ0) is 13.1. The molecule has 0 amide bonds. The van der Waals surface area contributed by atoms with Gasteiger partial charge in [-0.05, 0) is 52.2 Å². The van der Waals surface area contributed by atoms with Gasteiger partial charge < -0.3 is 9.88 Å². The van der Waals surface area contributed by atoms with Crippen LogP contribution in [0.2, 0.25) is 0 Å².